The van der Waals surface area contributed by atoms with Gasteiger partial charge in [0.15, 0.2) is 11.4 Å². The van der Waals surface area contributed by atoms with Gasteiger partial charge in [-0.05, 0) is 26.0 Å². The third-order valence-corrected chi connectivity index (χ3v) is 4.31. The van der Waals surface area contributed by atoms with Crippen molar-refractivity contribution in [3.63, 3.8) is 0 Å². The van der Waals surface area contributed by atoms with Gasteiger partial charge in [0.05, 0.1) is 15.6 Å². The first-order valence-corrected chi connectivity index (χ1v) is 7.00. The fourth-order valence-electron chi connectivity index (χ4n) is 2.29. The van der Waals surface area contributed by atoms with E-state index >= 15 is 0 Å². The lowest BCUT2D eigenvalue weighted by atomic mass is 10.1. The van der Waals surface area contributed by atoms with Crippen molar-refractivity contribution in [1.82, 2.24) is 10.4 Å². The van der Waals surface area contributed by atoms with Crippen molar-refractivity contribution in [2.24, 2.45) is 5.84 Å². The molecule has 3 rings (SSSR count). The summed E-state index contributed by atoms with van der Waals surface area (Å²) in [7, 11) is 0. The molecule has 0 radical (unpaired) electrons. The number of halogens is 1. The monoisotopic (exact) mass is 291 g/mol. The summed E-state index contributed by atoms with van der Waals surface area (Å²) >= 11 is 1.55. The van der Waals surface area contributed by atoms with Gasteiger partial charge in [-0.1, -0.05) is 12.1 Å². The van der Waals surface area contributed by atoms with Gasteiger partial charge < -0.3 is 4.42 Å². The van der Waals surface area contributed by atoms with E-state index in [4.69, 9.17) is 10.3 Å². The summed E-state index contributed by atoms with van der Waals surface area (Å²) in [6, 6.07) is 6.32. The minimum atomic E-state index is -0.373. The molecule has 0 saturated heterocycles. The van der Waals surface area contributed by atoms with Gasteiger partial charge in [-0.2, -0.15) is 0 Å². The molecular formula is C14H14FN3OS. The summed E-state index contributed by atoms with van der Waals surface area (Å²) in [6.07, 6.45) is 0. The number of fused-ring (bicyclic) bond motifs is 1. The zero-order valence-electron chi connectivity index (χ0n) is 11.1. The van der Waals surface area contributed by atoms with Crippen LogP contribution in [0.2, 0.25) is 0 Å². The van der Waals surface area contributed by atoms with Crippen LogP contribution in [0.3, 0.4) is 0 Å². The number of rotatable bonds is 3. The summed E-state index contributed by atoms with van der Waals surface area (Å²) in [6.45, 7) is 3.86. The van der Waals surface area contributed by atoms with E-state index in [1.165, 1.54) is 6.07 Å². The number of nitrogens with two attached hydrogens (primary N) is 1. The van der Waals surface area contributed by atoms with Gasteiger partial charge in [0, 0.05) is 5.39 Å². The van der Waals surface area contributed by atoms with Crippen molar-refractivity contribution in [1.29, 1.82) is 0 Å². The average molecular weight is 291 g/mol. The number of hydrazine groups is 1. The number of nitrogens with zero attached hydrogens (tertiary/aromatic N) is 1. The molecule has 0 aliphatic carbocycles. The van der Waals surface area contributed by atoms with Crippen LogP contribution in [0.5, 0.6) is 0 Å². The molecule has 6 heteroatoms. The molecule has 0 fully saturated rings. The maximum absolute atomic E-state index is 13.7. The van der Waals surface area contributed by atoms with Crippen molar-refractivity contribution in [2.75, 3.05) is 0 Å². The van der Waals surface area contributed by atoms with E-state index in [0.29, 0.717) is 5.76 Å². The number of furan rings is 1. The van der Waals surface area contributed by atoms with Crippen LogP contribution in [-0.2, 0) is 0 Å². The molecule has 1 aromatic carbocycles. The predicted octanol–water partition coefficient (Wildman–Crippen LogP) is 3.20. The highest BCUT2D eigenvalue weighted by atomic mass is 32.1. The molecule has 3 aromatic rings. The van der Waals surface area contributed by atoms with Gasteiger partial charge in [0.1, 0.15) is 11.8 Å². The van der Waals surface area contributed by atoms with Crippen LogP contribution in [0.25, 0.3) is 11.0 Å². The summed E-state index contributed by atoms with van der Waals surface area (Å²) in [4.78, 5) is 5.36. The van der Waals surface area contributed by atoms with E-state index in [0.717, 1.165) is 21.0 Å². The Labute approximate surface area is 119 Å². The standard InChI is InChI=1S/C14H14FN3OS/c1-7-14(20-8(2)17-7)12(18-16)11-6-9-4-3-5-10(15)13(9)19-11/h3-6,12,18H,16H2,1-2H3. The molecule has 2 aromatic heterocycles. The highest BCUT2D eigenvalue weighted by molar-refractivity contribution is 7.11. The molecule has 1 unspecified atom stereocenters. The first-order chi connectivity index (χ1) is 9.60. The second-order valence-electron chi connectivity index (χ2n) is 4.59. The first-order valence-electron chi connectivity index (χ1n) is 6.18. The van der Waals surface area contributed by atoms with Crippen molar-refractivity contribution in [2.45, 2.75) is 19.9 Å². The first kappa shape index (κ1) is 13.2. The number of aromatic nitrogens is 1. The molecule has 2 heterocycles. The van der Waals surface area contributed by atoms with Crippen molar-refractivity contribution < 1.29 is 8.81 Å². The zero-order chi connectivity index (χ0) is 14.3. The Balaban J connectivity index is 2.12. The number of hydrogen-bond acceptors (Lipinski definition) is 5. The zero-order valence-corrected chi connectivity index (χ0v) is 11.9. The number of nitrogens with one attached hydrogen (secondary N) is 1. The number of para-hydroxylation sites is 1. The largest absolute Gasteiger partial charge is 0.456 e. The number of aryl methyl sites for hydroxylation is 2. The summed E-state index contributed by atoms with van der Waals surface area (Å²) in [5, 5.41) is 1.68. The van der Waals surface area contributed by atoms with Gasteiger partial charge >= 0.3 is 0 Å². The molecule has 0 saturated carbocycles. The Bertz CT molecular complexity index is 765. The minimum absolute atomic E-state index is 0.252. The number of hydrogen-bond donors (Lipinski definition) is 2. The fourth-order valence-corrected chi connectivity index (χ4v) is 3.29. The maximum atomic E-state index is 13.7. The molecule has 0 amide bonds. The third kappa shape index (κ3) is 2.11. The number of thiazole rings is 1. The molecule has 0 aliphatic heterocycles. The molecular weight excluding hydrogens is 277 g/mol. The molecule has 1 atom stereocenters. The third-order valence-electron chi connectivity index (χ3n) is 3.17. The highest BCUT2D eigenvalue weighted by Crippen LogP contribution is 2.33. The van der Waals surface area contributed by atoms with Crippen molar-refractivity contribution in [3.05, 3.63) is 51.4 Å². The Morgan fingerprint density at radius 3 is 2.80 bits per heavy atom. The summed E-state index contributed by atoms with van der Waals surface area (Å²) < 4.78 is 19.3. The van der Waals surface area contributed by atoms with E-state index < -0.39 is 0 Å². The predicted molar refractivity (Wildman–Crippen MR) is 76.9 cm³/mol. The molecule has 0 bridgehead atoms. The Hall–Kier alpha value is -1.76. The van der Waals surface area contributed by atoms with E-state index in [1.807, 2.05) is 19.9 Å². The summed E-state index contributed by atoms with van der Waals surface area (Å²) in [5.74, 6) is 5.86. The Morgan fingerprint density at radius 2 is 2.20 bits per heavy atom. The van der Waals surface area contributed by atoms with E-state index in [1.54, 1.807) is 23.5 Å². The van der Waals surface area contributed by atoms with Crippen LogP contribution >= 0.6 is 11.3 Å². The van der Waals surface area contributed by atoms with Crippen LogP contribution in [0.15, 0.2) is 28.7 Å². The van der Waals surface area contributed by atoms with Crippen molar-refractivity contribution >= 4 is 22.3 Å². The van der Waals surface area contributed by atoms with Crippen LogP contribution in [0, 0.1) is 19.7 Å². The lowest BCUT2D eigenvalue weighted by molar-refractivity contribution is 0.467. The van der Waals surface area contributed by atoms with E-state index in [9.17, 15) is 4.39 Å². The van der Waals surface area contributed by atoms with Gasteiger partial charge in [-0.25, -0.2) is 14.8 Å². The number of benzene rings is 1. The van der Waals surface area contributed by atoms with E-state index in [2.05, 4.69) is 10.4 Å². The molecule has 20 heavy (non-hydrogen) atoms. The van der Waals surface area contributed by atoms with Crippen LogP contribution in [0.4, 0.5) is 4.39 Å². The van der Waals surface area contributed by atoms with Gasteiger partial charge in [0.2, 0.25) is 0 Å². The molecule has 4 nitrogen and oxygen atoms in total. The molecule has 3 N–H and O–H groups in total. The SMILES string of the molecule is Cc1nc(C)c(C(NN)c2cc3cccc(F)c3o2)s1. The lowest BCUT2D eigenvalue weighted by Gasteiger charge is -2.11. The Morgan fingerprint density at radius 1 is 1.40 bits per heavy atom. The van der Waals surface area contributed by atoms with Crippen molar-refractivity contribution in [3.8, 4) is 0 Å². The minimum Gasteiger partial charge on any atom is -0.456 e. The summed E-state index contributed by atoms with van der Waals surface area (Å²) in [5.41, 5.74) is 3.87. The molecule has 0 spiro atoms. The maximum Gasteiger partial charge on any atom is 0.169 e. The van der Waals surface area contributed by atoms with Crippen LogP contribution in [-0.4, -0.2) is 4.98 Å². The lowest BCUT2D eigenvalue weighted by Crippen LogP contribution is -2.28. The van der Waals surface area contributed by atoms with Gasteiger partial charge in [-0.3, -0.25) is 5.84 Å². The molecule has 0 aliphatic rings. The smallest absolute Gasteiger partial charge is 0.169 e. The second-order valence-corrected chi connectivity index (χ2v) is 5.82. The highest BCUT2D eigenvalue weighted by Gasteiger charge is 2.22. The topological polar surface area (TPSA) is 64.1 Å². The normalized spacial score (nSPS) is 13.0. The van der Waals surface area contributed by atoms with Crippen LogP contribution in [0.1, 0.15) is 27.4 Å². The average Bonchev–Trinajstić information content (AvgIpc) is 2.96. The molecule has 104 valence electrons. The fraction of sp³-hybridized carbons (Fsp3) is 0.214. The van der Waals surface area contributed by atoms with Gasteiger partial charge in [-0.15, -0.1) is 11.3 Å². The second kappa shape index (κ2) is 4.97. The quantitative estimate of drug-likeness (QED) is 0.574. The van der Waals surface area contributed by atoms with Crippen LogP contribution < -0.4 is 11.3 Å². The van der Waals surface area contributed by atoms with Gasteiger partial charge in [0.25, 0.3) is 0 Å². The van der Waals surface area contributed by atoms with E-state index in [-0.39, 0.29) is 17.4 Å². The Kier molecular flexibility index (Phi) is 3.29.